The zero-order valence-electron chi connectivity index (χ0n) is 12.2. The number of hydrogen-bond acceptors (Lipinski definition) is 2. The molecule has 0 spiro atoms. The predicted octanol–water partition coefficient (Wildman–Crippen LogP) is 4.61. The van der Waals surface area contributed by atoms with Crippen LogP contribution in [0, 0.1) is 17.7 Å². The number of halogens is 1. The predicted molar refractivity (Wildman–Crippen MR) is 79.7 cm³/mol. The second-order valence-corrected chi connectivity index (χ2v) is 6.31. The molecule has 2 aliphatic rings. The first kappa shape index (κ1) is 13.7. The van der Waals surface area contributed by atoms with Gasteiger partial charge in [0.2, 0.25) is 0 Å². The molecule has 0 saturated heterocycles. The Balaban J connectivity index is 1.62. The molecule has 1 N–H and O–H groups in total. The summed E-state index contributed by atoms with van der Waals surface area (Å²) in [5.74, 6) is 1.86. The van der Waals surface area contributed by atoms with E-state index < -0.39 is 0 Å². The summed E-state index contributed by atoms with van der Waals surface area (Å²) in [6.45, 7) is 0. The lowest BCUT2D eigenvalue weighted by Crippen LogP contribution is -2.34. The maximum Gasteiger partial charge on any atom is 0.167 e. The van der Waals surface area contributed by atoms with E-state index in [1.165, 1.54) is 52.1 Å². The highest BCUT2D eigenvalue weighted by Crippen LogP contribution is 2.41. The van der Waals surface area contributed by atoms with Crippen molar-refractivity contribution in [2.24, 2.45) is 11.8 Å². The average Bonchev–Trinajstić information content (AvgIpc) is 2.47. The summed E-state index contributed by atoms with van der Waals surface area (Å²) in [7, 11) is 1.50. The van der Waals surface area contributed by atoms with E-state index in [4.69, 9.17) is 4.74 Å². The van der Waals surface area contributed by atoms with Crippen LogP contribution in [0.1, 0.15) is 44.9 Å². The number of rotatable bonds is 3. The summed E-state index contributed by atoms with van der Waals surface area (Å²) in [5, 5.41) is 3.51. The van der Waals surface area contributed by atoms with Gasteiger partial charge in [-0.15, -0.1) is 0 Å². The Hall–Kier alpha value is -1.25. The number of hydrogen-bond donors (Lipinski definition) is 1. The second-order valence-electron chi connectivity index (χ2n) is 6.31. The van der Waals surface area contributed by atoms with Crippen molar-refractivity contribution in [1.82, 2.24) is 0 Å². The zero-order valence-corrected chi connectivity index (χ0v) is 12.2. The molecule has 1 aromatic rings. The van der Waals surface area contributed by atoms with Crippen molar-refractivity contribution in [3.63, 3.8) is 0 Å². The van der Waals surface area contributed by atoms with Gasteiger partial charge in [-0.2, -0.15) is 0 Å². The lowest BCUT2D eigenvalue weighted by Gasteiger charge is -2.39. The van der Waals surface area contributed by atoms with Crippen LogP contribution in [0.25, 0.3) is 0 Å². The standard InChI is InChI=1S/C17H24FNO/c1-20-17-9-8-15(11-16(17)18)19-14-7-6-12-4-2-3-5-13(12)10-14/h8-9,11-14,19H,2-7,10H2,1H3. The van der Waals surface area contributed by atoms with Gasteiger partial charge in [-0.05, 0) is 43.2 Å². The Labute approximate surface area is 120 Å². The van der Waals surface area contributed by atoms with E-state index in [-0.39, 0.29) is 5.82 Å². The lowest BCUT2D eigenvalue weighted by atomic mass is 9.69. The van der Waals surface area contributed by atoms with E-state index in [1.807, 2.05) is 6.07 Å². The Morgan fingerprint density at radius 2 is 1.90 bits per heavy atom. The first-order valence-corrected chi connectivity index (χ1v) is 7.86. The largest absolute Gasteiger partial charge is 0.494 e. The van der Waals surface area contributed by atoms with Gasteiger partial charge in [0.15, 0.2) is 11.6 Å². The molecular formula is C17H24FNO. The lowest BCUT2D eigenvalue weighted by molar-refractivity contribution is 0.162. The van der Waals surface area contributed by atoms with Gasteiger partial charge in [0.1, 0.15) is 0 Å². The van der Waals surface area contributed by atoms with E-state index in [1.54, 1.807) is 12.1 Å². The highest BCUT2D eigenvalue weighted by Gasteiger charge is 2.32. The van der Waals surface area contributed by atoms with Crippen LogP contribution in [0.3, 0.4) is 0 Å². The molecule has 3 atom stereocenters. The summed E-state index contributed by atoms with van der Waals surface area (Å²) < 4.78 is 18.7. The van der Waals surface area contributed by atoms with Gasteiger partial charge >= 0.3 is 0 Å². The Morgan fingerprint density at radius 1 is 1.10 bits per heavy atom. The fourth-order valence-electron chi connectivity index (χ4n) is 4.00. The van der Waals surface area contributed by atoms with E-state index in [9.17, 15) is 4.39 Å². The third-order valence-electron chi connectivity index (χ3n) is 5.06. The quantitative estimate of drug-likeness (QED) is 0.871. The van der Waals surface area contributed by atoms with Crippen LogP contribution < -0.4 is 10.1 Å². The molecule has 1 aromatic carbocycles. The van der Waals surface area contributed by atoms with Gasteiger partial charge < -0.3 is 10.1 Å². The highest BCUT2D eigenvalue weighted by molar-refractivity contribution is 5.48. The molecule has 2 saturated carbocycles. The Kier molecular flexibility index (Phi) is 4.13. The molecule has 0 radical (unpaired) electrons. The molecule has 0 bridgehead atoms. The van der Waals surface area contributed by atoms with Crippen molar-refractivity contribution in [3.05, 3.63) is 24.0 Å². The van der Waals surface area contributed by atoms with Crippen molar-refractivity contribution in [2.75, 3.05) is 12.4 Å². The molecule has 3 unspecified atom stereocenters. The first-order valence-electron chi connectivity index (χ1n) is 7.86. The maximum atomic E-state index is 13.7. The normalized spacial score (nSPS) is 29.6. The molecule has 0 aliphatic heterocycles. The highest BCUT2D eigenvalue weighted by atomic mass is 19.1. The first-order chi connectivity index (χ1) is 9.76. The summed E-state index contributed by atoms with van der Waals surface area (Å²) in [4.78, 5) is 0. The van der Waals surface area contributed by atoms with Crippen molar-refractivity contribution >= 4 is 5.69 Å². The van der Waals surface area contributed by atoms with Crippen LogP contribution in [0.4, 0.5) is 10.1 Å². The molecule has 0 amide bonds. The van der Waals surface area contributed by atoms with Gasteiger partial charge in [-0.3, -0.25) is 0 Å². The number of fused-ring (bicyclic) bond motifs is 1. The molecule has 110 valence electrons. The summed E-state index contributed by atoms with van der Waals surface area (Å²) in [5.41, 5.74) is 0.877. The molecule has 2 fully saturated rings. The SMILES string of the molecule is COc1ccc(NC2CCC3CCCCC3C2)cc1F. The molecule has 2 aliphatic carbocycles. The fraction of sp³-hybridized carbons (Fsp3) is 0.647. The molecule has 2 nitrogen and oxygen atoms in total. The maximum absolute atomic E-state index is 13.7. The van der Waals surface area contributed by atoms with Crippen molar-refractivity contribution < 1.29 is 9.13 Å². The third kappa shape index (κ3) is 2.92. The Bertz CT molecular complexity index is 462. The fourth-order valence-corrected chi connectivity index (χ4v) is 4.00. The smallest absolute Gasteiger partial charge is 0.167 e. The molecule has 3 heteroatoms. The van der Waals surface area contributed by atoms with Gasteiger partial charge in [-0.1, -0.05) is 25.7 Å². The summed E-state index contributed by atoms with van der Waals surface area (Å²) in [6, 6.07) is 5.66. The number of benzene rings is 1. The third-order valence-corrected chi connectivity index (χ3v) is 5.06. The molecular weight excluding hydrogens is 253 g/mol. The minimum atomic E-state index is -0.288. The minimum Gasteiger partial charge on any atom is -0.494 e. The van der Waals surface area contributed by atoms with E-state index in [2.05, 4.69) is 5.32 Å². The minimum absolute atomic E-state index is 0.288. The molecule has 20 heavy (non-hydrogen) atoms. The van der Waals surface area contributed by atoms with E-state index in [0.29, 0.717) is 11.8 Å². The number of methoxy groups -OCH3 is 1. The topological polar surface area (TPSA) is 21.3 Å². The van der Waals surface area contributed by atoms with Crippen LogP contribution in [0.2, 0.25) is 0 Å². The Morgan fingerprint density at radius 3 is 2.65 bits per heavy atom. The van der Waals surface area contributed by atoms with Gasteiger partial charge in [0, 0.05) is 17.8 Å². The van der Waals surface area contributed by atoms with Gasteiger partial charge in [-0.25, -0.2) is 4.39 Å². The summed E-state index contributed by atoms with van der Waals surface area (Å²) in [6.07, 6.45) is 9.43. The van der Waals surface area contributed by atoms with Crippen LogP contribution in [0.5, 0.6) is 5.75 Å². The van der Waals surface area contributed by atoms with E-state index in [0.717, 1.165) is 17.5 Å². The summed E-state index contributed by atoms with van der Waals surface area (Å²) >= 11 is 0. The van der Waals surface area contributed by atoms with Crippen LogP contribution in [-0.4, -0.2) is 13.2 Å². The van der Waals surface area contributed by atoms with Crippen molar-refractivity contribution in [2.45, 2.75) is 51.0 Å². The molecule has 0 aromatic heterocycles. The van der Waals surface area contributed by atoms with Crippen LogP contribution in [-0.2, 0) is 0 Å². The van der Waals surface area contributed by atoms with Crippen molar-refractivity contribution in [3.8, 4) is 5.75 Å². The number of ether oxygens (including phenoxy) is 1. The van der Waals surface area contributed by atoms with Crippen molar-refractivity contribution in [1.29, 1.82) is 0 Å². The zero-order chi connectivity index (χ0) is 13.9. The van der Waals surface area contributed by atoms with Gasteiger partial charge in [0.05, 0.1) is 7.11 Å². The number of anilines is 1. The number of nitrogens with one attached hydrogen (secondary N) is 1. The van der Waals surface area contributed by atoms with E-state index >= 15 is 0 Å². The second kappa shape index (κ2) is 6.02. The van der Waals surface area contributed by atoms with Gasteiger partial charge in [0.25, 0.3) is 0 Å². The van der Waals surface area contributed by atoms with Crippen LogP contribution >= 0.6 is 0 Å². The van der Waals surface area contributed by atoms with Crippen LogP contribution in [0.15, 0.2) is 18.2 Å². The molecule has 0 heterocycles. The monoisotopic (exact) mass is 277 g/mol. The average molecular weight is 277 g/mol. The molecule has 3 rings (SSSR count).